The number of nitro groups is 1. The number of nitrogen functional groups attached to an aromatic ring is 1. The number of nitrogens with one attached hydrogen (secondary N) is 1. The summed E-state index contributed by atoms with van der Waals surface area (Å²) >= 11 is 1.01. The molecule has 2 rings (SSSR count). The minimum absolute atomic E-state index is 0.0882. The van der Waals surface area contributed by atoms with E-state index in [2.05, 4.69) is 25.6 Å². The molecule has 0 spiro atoms. The predicted molar refractivity (Wildman–Crippen MR) is 61.6 cm³/mol. The van der Waals surface area contributed by atoms with E-state index in [4.69, 9.17) is 5.84 Å². The Morgan fingerprint density at radius 2 is 2.39 bits per heavy atom. The number of aromatic nitrogens is 5. The van der Waals surface area contributed by atoms with Crippen molar-refractivity contribution in [1.82, 2.24) is 24.7 Å². The molecule has 18 heavy (non-hydrogen) atoms. The number of aryl methyl sites for hydroxylation is 1. The summed E-state index contributed by atoms with van der Waals surface area (Å²) in [4.78, 5) is 17.9. The quantitative estimate of drug-likeness (QED) is 0.338. The Labute approximate surface area is 105 Å². The van der Waals surface area contributed by atoms with E-state index in [9.17, 15) is 10.1 Å². The van der Waals surface area contributed by atoms with Crippen LogP contribution in [-0.2, 0) is 7.05 Å². The normalized spacial score (nSPS) is 10.3. The number of hydrazine groups is 1. The molecule has 3 N–H and O–H groups in total. The van der Waals surface area contributed by atoms with Crippen molar-refractivity contribution in [1.29, 1.82) is 0 Å². The lowest BCUT2D eigenvalue weighted by molar-refractivity contribution is -0.388. The zero-order chi connectivity index (χ0) is 13.1. The van der Waals surface area contributed by atoms with Gasteiger partial charge in [0.25, 0.3) is 0 Å². The standard InChI is InChI=1S/C7H8N8O2S/c1-14-3-10-13-7(14)18-5-4(15(16)17)2-9-6(11-5)12-8/h2-3H,8H2,1H3,(H,9,11,12). The van der Waals surface area contributed by atoms with Gasteiger partial charge in [0.15, 0.2) is 10.2 Å². The van der Waals surface area contributed by atoms with E-state index < -0.39 is 4.92 Å². The van der Waals surface area contributed by atoms with Crippen LogP contribution in [0.3, 0.4) is 0 Å². The van der Waals surface area contributed by atoms with Gasteiger partial charge in [-0.15, -0.1) is 10.2 Å². The molecule has 0 amide bonds. The Bertz CT molecular complexity index is 585. The average molecular weight is 268 g/mol. The highest BCUT2D eigenvalue weighted by atomic mass is 32.2. The summed E-state index contributed by atoms with van der Waals surface area (Å²) < 4.78 is 1.62. The van der Waals surface area contributed by atoms with Crippen LogP contribution in [-0.4, -0.2) is 29.7 Å². The summed E-state index contributed by atoms with van der Waals surface area (Å²) in [5.74, 6) is 5.25. The highest BCUT2D eigenvalue weighted by Crippen LogP contribution is 2.31. The topological polar surface area (TPSA) is 138 Å². The number of hydrogen-bond acceptors (Lipinski definition) is 9. The maximum absolute atomic E-state index is 10.9. The molecule has 0 saturated heterocycles. The first-order valence-corrected chi connectivity index (χ1v) is 5.43. The van der Waals surface area contributed by atoms with Crippen LogP contribution in [0.25, 0.3) is 0 Å². The number of nitrogens with zero attached hydrogens (tertiary/aromatic N) is 6. The zero-order valence-corrected chi connectivity index (χ0v) is 9.96. The van der Waals surface area contributed by atoms with Crippen LogP contribution in [0.1, 0.15) is 0 Å². The molecule has 2 heterocycles. The van der Waals surface area contributed by atoms with E-state index in [1.807, 2.05) is 0 Å². The van der Waals surface area contributed by atoms with Crippen LogP contribution < -0.4 is 11.3 Å². The fourth-order valence-corrected chi connectivity index (χ4v) is 1.90. The van der Waals surface area contributed by atoms with Crippen molar-refractivity contribution in [2.45, 2.75) is 10.2 Å². The Hall–Kier alpha value is -2.27. The number of anilines is 1. The third-order valence-corrected chi connectivity index (χ3v) is 2.97. The minimum atomic E-state index is -0.570. The van der Waals surface area contributed by atoms with Crippen LogP contribution in [0.5, 0.6) is 0 Å². The molecule has 0 aliphatic heterocycles. The second-order valence-electron chi connectivity index (χ2n) is 3.11. The monoisotopic (exact) mass is 268 g/mol. The van der Waals surface area contributed by atoms with Crippen molar-refractivity contribution in [3.05, 3.63) is 22.6 Å². The summed E-state index contributed by atoms with van der Waals surface area (Å²) in [7, 11) is 1.72. The second kappa shape index (κ2) is 4.93. The van der Waals surface area contributed by atoms with Crippen molar-refractivity contribution < 1.29 is 4.92 Å². The maximum atomic E-state index is 10.9. The summed E-state index contributed by atoms with van der Waals surface area (Å²) in [5, 5.41) is 18.9. The summed E-state index contributed by atoms with van der Waals surface area (Å²) in [6.07, 6.45) is 2.57. The first kappa shape index (κ1) is 12.2. The van der Waals surface area contributed by atoms with E-state index >= 15 is 0 Å². The van der Waals surface area contributed by atoms with Gasteiger partial charge in [-0.2, -0.15) is 4.98 Å². The molecule has 94 valence electrons. The van der Waals surface area contributed by atoms with Gasteiger partial charge in [0.1, 0.15) is 12.5 Å². The van der Waals surface area contributed by atoms with Gasteiger partial charge in [-0.05, 0) is 11.8 Å². The average Bonchev–Trinajstić information content (AvgIpc) is 2.74. The van der Waals surface area contributed by atoms with E-state index in [1.165, 1.54) is 6.33 Å². The molecule has 0 fully saturated rings. The molecule has 0 unspecified atom stereocenters. The molecule has 0 aliphatic carbocycles. The molecule has 0 bridgehead atoms. The molecule has 0 aromatic carbocycles. The lowest BCUT2D eigenvalue weighted by atomic mass is 10.5. The number of hydrogen-bond donors (Lipinski definition) is 2. The van der Waals surface area contributed by atoms with Gasteiger partial charge < -0.3 is 4.57 Å². The highest BCUT2D eigenvalue weighted by molar-refractivity contribution is 7.99. The largest absolute Gasteiger partial charge is 0.320 e. The summed E-state index contributed by atoms with van der Waals surface area (Å²) in [6, 6.07) is 0. The minimum Gasteiger partial charge on any atom is -0.311 e. The molecule has 11 heteroatoms. The molecule has 0 atom stereocenters. The van der Waals surface area contributed by atoms with Gasteiger partial charge in [0.2, 0.25) is 5.95 Å². The molecule has 0 saturated carbocycles. The first-order chi connectivity index (χ1) is 8.61. The van der Waals surface area contributed by atoms with Crippen LogP contribution >= 0.6 is 11.8 Å². The third-order valence-electron chi connectivity index (χ3n) is 1.92. The van der Waals surface area contributed by atoms with Gasteiger partial charge in [-0.3, -0.25) is 15.5 Å². The highest BCUT2D eigenvalue weighted by Gasteiger charge is 2.20. The molecular formula is C7H8N8O2S. The third kappa shape index (κ3) is 2.36. The SMILES string of the molecule is Cn1cnnc1Sc1nc(NN)ncc1[N+](=O)[O-]. The van der Waals surface area contributed by atoms with E-state index in [1.54, 1.807) is 11.6 Å². The molecule has 0 radical (unpaired) electrons. The first-order valence-electron chi connectivity index (χ1n) is 4.61. The fourth-order valence-electron chi connectivity index (χ4n) is 1.08. The van der Waals surface area contributed by atoms with Crippen molar-refractivity contribution in [3.8, 4) is 0 Å². The van der Waals surface area contributed by atoms with Gasteiger partial charge in [0.05, 0.1) is 4.92 Å². The second-order valence-corrected chi connectivity index (χ2v) is 4.07. The van der Waals surface area contributed by atoms with Crippen molar-refractivity contribution in [2.24, 2.45) is 12.9 Å². The zero-order valence-electron chi connectivity index (χ0n) is 9.14. The molecule has 2 aromatic heterocycles. The van der Waals surface area contributed by atoms with Crippen molar-refractivity contribution in [2.75, 3.05) is 5.43 Å². The lowest BCUT2D eigenvalue weighted by Crippen LogP contribution is -2.11. The molecule has 0 aliphatic rings. The Morgan fingerprint density at radius 3 is 2.94 bits per heavy atom. The van der Waals surface area contributed by atoms with Crippen LogP contribution in [0.15, 0.2) is 22.7 Å². The molecular weight excluding hydrogens is 260 g/mol. The van der Waals surface area contributed by atoms with Crippen LogP contribution in [0.2, 0.25) is 0 Å². The Balaban J connectivity index is 2.41. The predicted octanol–water partition coefficient (Wildman–Crippen LogP) is -0.0499. The van der Waals surface area contributed by atoms with Gasteiger partial charge >= 0.3 is 5.69 Å². The Morgan fingerprint density at radius 1 is 1.61 bits per heavy atom. The van der Waals surface area contributed by atoms with Crippen LogP contribution in [0.4, 0.5) is 11.6 Å². The van der Waals surface area contributed by atoms with Gasteiger partial charge in [0, 0.05) is 7.05 Å². The van der Waals surface area contributed by atoms with E-state index in [-0.39, 0.29) is 16.7 Å². The smallest absolute Gasteiger partial charge is 0.311 e. The van der Waals surface area contributed by atoms with Gasteiger partial charge in [-0.25, -0.2) is 10.8 Å². The fraction of sp³-hybridized carbons (Fsp3) is 0.143. The number of rotatable bonds is 4. The molecule has 2 aromatic rings. The van der Waals surface area contributed by atoms with Crippen molar-refractivity contribution >= 4 is 23.4 Å². The maximum Gasteiger partial charge on any atom is 0.320 e. The summed E-state index contributed by atoms with van der Waals surface area (Å²) in [6.45, 7) is 0. The summed E-state index contributed by atoms with van der Waals surface area (Å²) in [5.41, 5.74) is 2.01. The Kier molecular flexibility index (Phi) is 3.34. The van der Waals surface area contributed by atoms with Gasteiger partial charge in [-0.1, -0.05) is 0 Å². The van der Waals surface area contributed by atoms with Crippen LogP contribution in [0, 0.1) is 10.1 Å². The molecule has 10 nitrogen and oxygen atoms in total. The number of nitrogens with two attached hydrogens (primary N) is 1. The van der Waals surface area contributed by atoms with E-state index in [0.29, 0.717) is 5.16 Å². The van der Waals surface area contributed by atoms with E-state index in [0.717, 1.165) is 18.0 Å². The lowest BCUT2D eigenvalue weighted by Gasteiger charge is -2.03. The van der Waals surface area contributed by atoms with Crippen molar-refractivity contribution in [3.63, 3.8) is 0 Å².